The SMILES string of the molecule is CCC(C)(CC)c1ccc(N(C2=CCCC=C2)C2(C)C=CC(C)=CC2)cc1. The van der Waals surface area contributed by atoms with Gasteiger partial charge in [0, 0.05) is 11.4 Å². The van der Waals surface area contributed by atoms with Crippen molar-refractivity contribution in [3.8, 4) is 0 Å². The van der Waals surface area contributed by atoms with Crippen LogP contribution in [0.15, 0.2) is 72.0 Å². The molecule has 1 nitrogen and oxygen atoms in total. The Bertz CT molecular complexity index is 771. The number of nitrogens with zero attached hydrogens (tertiary/aromatic N) is 1. The van der Waals surface area contributed by atoms with Gasteiger partial charge in [-0.05, 0) is 75.1 Å². The van der Waals surface area contributed by atoms with Gasteiger partial charge in [0.05, 0.1) is 5.54 Å². The van der Waals surface area contributed by atoms with Gasteiger partial charge in [0.15, 0.2) is 0 Å². The molecule has 1 aromatic carbocycles. The summed E-state index contributed by atoms with van der Waals surface area (Å²) in [5.41, 5.74) is 5.64. The van der Waals surface area contributed by atoms with E-state index in [0.29, 0.717) is 0 Å². The van der Waals surface area contributed by atoms with Crippen molar-refractivity contribution < 1.29 is 0 Å². The third-order valence-corrected chi connectivity index (χ3v) is 6.67. The molecular weight excluding hydrogens is 326 g/mol. The van der Waals surface area contributed by atoms with Crippen molar-refractivity contribution >= 4 is 5.69 Å². The fourth-order valence-electron chi connectivity index (χ4n) is 4.16. The normalized spacial score (nSPS) is 22.4. The van der Waals surface area contributed by atoms with Gasteiger partial charge >= 0.3 is 0 Å². The van der Waals surface area contributed by atoms with Gasteiger partial charge in [0.25, 0.3) is 0 Å². The second-order valence-corrected chi connectivity index (χ2v) is 8.60. The Morgan fingerprint density at radius 3 is 2.22 bits per heavy atom. The van der Waals surface area contributed by atoms with E-state index in [2.05, 4.69) is 100 Å². The molecule has 0 amide bonds. The highest BCUT2D eigenvalue weighted by Crippen LogP contribution is 2.38. The Balaban J connectivity index is 2.00. The maximum atomic E-state index is 2.53. The van der Waals surface area contributed by atoms with Crippen LogP contribution in [0.5, 0.6) is 0 Å². The summed E-state index contributed by atoms with van der Waals surface area (Å²) in [5.74, 6) is 0. The number of hydrogen-bond acceptors (Lipinski definition) is 1. The molecule has 1 atom stereocenters. The maximum absolute atomic E-state index is 2.53. The van der Waals surface area contributed by atoms with Gasteiger partial charge in [-0.15, -0.1) is 0 Å². The summed E-state index contributed by atoms with van der Waals surface area (Å²) in [6, 6.07) is 9.35. The highest BCUT2D eigenvalue weighted by atomic mass is 15.2. The van der Waals surface area contributed by atoms with E-state index in [-0.39, 0.29) is 11.0 Å². The number of rotatable bonds is 6. The molecule has 1 heteroatoms. The number of benzene rings is 1. The molecule has 2 aliphatic carbocycles. The minimum absolute atomic E-state index is 0.0344. The van der Waals surface area contributed by atoms with Crippen molar-refractivity contribution in [2.75, 3.05) is 4.90 Å². The molecule has 0 spiro atoms. The zero-order valence-corrected chi connectivity index (χ0v) is 17.8. The van der Waals surface area contributed by atoms with E-state index in [1.807, 2.05) is 0 Å². The van der Waals surface area contributed by atoms with E-state index in [1.54, 1.807) is 0 Å². The molecule has 0 heterocycles. The van der Waals surface area contributed by atoms with Crippen molar-refractivity contribution in [1.82, 2.24) is 0 Å². The highest BCUT2D eigenvalue weighted by Gasteiger charge is 2.32. The molecule has 2 aliphatic rings. The van der Waals surface area contributed by atoms with Crippen molar-refractivity contribution in [3.05, 3.63) is 77.6 Å². The fourth-order valence-corrected chi connectivity index (χ4v) is 4.16. The van der Waals surface area contributed by atoms with E-state index in [1.165, 1.54) is 35.4 Å². The van der Waals surface area contributed by atoms with E-state index in [4.69, 9.17) is 0 Å². The zero-order valence-electron chi connectivity index (χ0n) is 17.8. The number of hydrogen-bond donors (Lipinski definition) is 0. The molecule has 0 saturated carbocycles. The van der Waals surface area contributed by atoms with E-state index in [0.717, 1.165) is 19.3 Å². The lowest BCUT2D eigenvalue weighted by Crippen LogP contribution is -2.45. The molecule has 27 heavy (non-hydrogen) atoms. The van der Waals surface area contributed by atoms with E-state index < -0.39 is 0 Å². The largest absolute Gasteiger partial charge is 0.332 e. The summed E-state index contributed by atoms with van der Waals surface area (Å²) >= 11 is 0. The molecule has 1 aromatic rings. The average Bonchev–Trinajstić information content (AvgIpc) is 2.71. The highest BCUT2D eigenvalue weighted by molar-refractivity contribution is 5.61. The summed E-state index contributed by atoms with van der Waals surface area (Å²) in [6.07, 6.45) is 19.6. The van der Waals surface area contributed by atoms with Gasteiger partial charge in [-0.3, -0.25) is 0 Å². The summed E-state index contributed by atoms with van der Waals surface area (Å²) in [4.78, 5) is 2.53. The molecule has 1 unspecified atom stereocenters. The van der Waals surface area contributed by atoms with E-state index >= 15 is 0 Å². The minimum Gasteiger partial charge on any atom is -0.332 e. The molecule has 0 N–H and O–H groups in total. The minimum atomic E-state index is -0.0344. The van der Waals surface area contributed by atoms with Gasteiger partial charge < -0.3 is 4.90 Å². The van der Waals surface area contributed by atoms with Crippen molar-refractivity contribution in [1.29, 1.82) is 0 Å². The van der Waals surface area contributed by atoms with Gasteiger partial charge in [0.1, 0.15) is 0 Å². The predicted octanol–water partition coefficient (Wildman–Crippen LogP) is 7.47. The molecule has 0 aliphatic heterocycles. The van der Waals surface area contributed by atoms with Gasteiger partial charge in [-0.1, -0.05) is 68.9 Å². The van der Waals surface area contributed by atoms with Gasteiger partial charge in [-0.2, -0.15) is 0 Å². The predicted molar refractivity (Wildman–Crippen MR) is 119 cm³/mol. The van der Waals surface area contributed by atoms with E-state index in [9.17, 15) is 0 Å². The lowest BCUT2D eigenvalue weighted by molar-refractivity contribution is 0.439. The van der Waals surface area contributed by atoms with Crippen LogP contribution in [-0.4, -0.2) is 5.54 Å². The third kappa shape index (κ3) is 3.98. The first-order chi connectivity index (χ1) is 12.9. The Morgan fingerprint density at radius 1 is 1.00 bits per heavy atom. The zero-order chi connectivity index (χ0) is 19.5. The Morgan fingerprint density at radius 2 is 1.70 bits per heavy atom. The first-order valence-corrected chi connectivity index (χ1v) is 10.6. The third-order valence-electron chi connectivity index (χ3n) is 6.67. The molecule has 0 radical (unpaired) electrons. The smallest absolute Gasteiger partial charge is 0.0642 e. The Kier molecular flexibility index (Phi) is 5.79. The molecule has 0 aromatic heterocycles. The average molecular weight is 362 g/mol. The molecule has 0 fully saturated rings. The van der Waals surface area contributed by atoms with Gasteiger partial charge in [-0.25, -0.2) is 0 Å². The van der Waals surface area contributed by atoms with Crippen LogP contribution >= 0.6 is 0 Å². The molecule has 3 rings (SSSR count). The monoisotopic (exact) mass is 361 g/mol. The van der Waals surface area contributed by atoms with Crippen molar-refractivity contribution in [2.45, 2.75) is 77.7 Å². The second-order valence-electron chi connectivity index (χ2n) is 8.60. The second kappa shape index (κ2) is 7.92. The fraction of sp³-hybridized carbons (Fsp3) is 0.462. The van der Waals surface area contributed by atoms with Crippen LogP contribution in [-0.2, 0) is 5.41 Å². The van der Waals surface area contributed by atoms with Crippen LogP contribution in [0.2, 0.25) is 0 Å². The number of allylic oxidation sites excluding steroid dienone is 5. The summed E-state index contributed by atoms with van der Waals surface area (Å²) in [5, 5.41) is 0. The van der Waals surface area contributed by atoms with Crippen LogP contribution in [0.4, 0.5) is 5.69 Å². The first kappa shape index (κ1) is 19.7. The molecular formula is C26H35N. The van der Waals surface area contributed by atoms with Crippen LogP contribution in [0.1, 0.15) is 72.3 Å². The summed E-state index contributed by atoms with van der Waals surface area (Å²) < 4.78 is 0. The Labute approximate surface area is 166 Å². The lowest BCUT2D eigenvalue weighted by atomic mass is 9.78. The van der Waals surface area contributed by atoms with Crippen LogP contribution in [0, 0.1) is 0 Å². The summed E-state index contributed by atoms with van der Waals surface area (Å²) in [6.45, 7) is 11.5. The topological polar surface area (TPSA) is 3.24 Å². The van der Waals surface area contributed by atoms with Crippen molar-refractivity contribution in [2.24, 2.45) is 0 Å². The molecule has 0 bridgehead atoms. The Hall–Kier alpha value is -2.02. The standard InChI is InChI=1S/C26H35N/c1-6-25(4,7-2)22-13-15-24(16-14-22)27(23-11-9-8-10-12-23)26(5)19-17-21(3)18-20-26/h9,11-19H,6-8,10,20H2,1-5H3. The maximum Gasteiger partial charge on any atom is 0.0642 e. The van der Waals surface area contributed by atoms with Gasteiger partial charge in [0.2, 0.25) is 0 Å². The summed E-state index contributed by atoms with van der Waals surface area (Å²) in [7, 11) is 0. The molecule has 144 valence electrons. The first-order valence-electron chi connectivity index (χ1n) is 10.6. The van der Waals surface area contributed by atoms with Crippen molar-refractivity contribution in [3.63, 3.8) is 0 Å². The number of anilines is 1. The van der Waals surface area contributed by atoms with Crippen LogP contribution in [0.25, 0.3) is 0 Å². The van der Waals surface area contributed by atoms with Crippen LogP contribution < -0.4 is 4.90 Å². The lowest BCUT2D eigenvalue weighted by Gasteiger charge is -2.43. The molecule has 0 saturated heterocycles. The van der Waals surface area contributed by atoms with Crippen LogP contribution in [0.3, 0.4) is 0 Å². The quantitative estimate of drug-likeness (QED) is 0.508.